The van der Waals surface area contributed by atoms with Crippen LogP contribution >= 0.6 is 0 Å². The van der Waals surface area contributed by atoms with E-state index in [4.69, 9.17) is 13.9 Å². The summed E-state index contributed by atoms with van der Waals surface area (Å²) >= 11 is 0. The zero-order chi connectivity index (χ0) is 24.9. The fourth-order valence-electron chi connectivity index (χ4n) is 4.15. The van der Waals surface area contributed by atoms with Crippen molar-refractivity contribution in [2.75, 3.05) is 37.6 Å². The lowest BCUT2D eigenvalue weighted by atomic mass is 10.1. The Morgan fingerprint density at radius 1 is 1.29 bits per heavy atom. The lowest BCUT2D eigenvalue weighted by Crippen LogP contribution is -2.39. The fourth-order valence-corrected chi connectivity index (χ4v) is 4.15. The van der Waals surface area contributed by atoms with Crippen molar-refractivity contribution < 1.29 is 32.8 Å². The number of anilines is 1. The number of ether oxygens (including phenoxy) is 2. The van der Waals surface area contributed by atoms with Crippen LogP contribution in [0.25, 0.3) is 0 Å². The van der Waals surface area contributed by atoms with Gasteiger partial charge >= 0.3 is 12.0 Å². The van der Waals surface area contributed by atoms with E-state index in [1.54, 1.807) is 12.1 Å². The van der Waals surface area contributed by atoms with Gasteiger partial charge in [0.25, 0.3) is 0 Å². The van der Waals surface area contributed by atoms with E-state index in [0.717, 1.165) is 13.1 Å². The predicted octanol–water partition coefficient (Wildman–Crippen LogP) is 2.87. The van der Waals surface area contributed by atoms with E-state index in [0.29, 0.717) is 37.3 Å². The van der Waals surface area contributed by atoms with Crippen LogP contribution in [-0.4, -0.2) is 66.8 Å². The topological polar surface area (TPSA) is 127 Å². The van der Waals surface area contributed by atoms with Crippen molar-refractivity contribution in [1.29, 1.82) is 0 Å². The van der Waals surface area contributed by atoms with Gasteiger partial charge in [-0.1, -0.05) is 0 Å². The first kappa shape index (κ1) is 24.5. The highest BCUT2D eigenvalue weighted by Gasteiger charge is 2.33. The molecule has 35 heavy (non-hydrogen) atoms. The van der Waals surface area contributed by atoms with Crippen LogP contribution in [0.1, 0.15) is 25.5 Å². The molecule has 188 valence electrons. The molecule has 1 aromatic heterocycles. The summed E-state index contributed by atoms with van der Waals surface area (Å²) < 4.78 is 31.0. The van der Waals surface area contributed by atoms with Gasteiger partial charge in [-0.2, -0.15) is 0 Å². The van der Waals surface area contributed by atoms with Gasteiger partial charge in [0.15, 0.2) is 11.6 Å². The van der Waals surface area contributed by atoms with Crippen LogP contribution in [0.4, 0.5) is 20.8 Å². The summed E-state index contributed by atoms with van der Waals surface area (Å²) in [7, 11) is 0. The molecule has 2 amide bonds. The maximum Gasteiger partial charge on any atom is 0.433 e. The first-order valence-corrected chi connectivity index (χ1v) is 11.4. The van der Waals surface area contributed by atoms with Crippen molar-refractivity contribution in [3.8, 4) is 5.75 Å². The molecule has 2 saturated heterocycles. The van der Waals surface area contributed by atoms with Gasteiger partial charge in [0.1, 0.15) is 22.9 Å². The third-order valence-electron chi connectivity index (χ3n) is 6.01. The first-order chi connectivity index (χ1) is 16.8. The van der Waals surface area contributed by atoms with E-state index in [-0.39, 0.29) is 36.7 Å². The molecule has 2 fully saturated rings. The fraction of sp³-hybridized carbons (Fsp3) is 0.478. The molecule has 0 aliphatic carbocycles. The molecule has 2 aromatic rings. The van der Waals surface area contributed by atoms with Crippen molar-refractivity contribution in [3.05, 3.63) is 52.0 Å². The number of piperidine rings is 1. The molecule has 2 aliphatic rings. The van der Waals surface area contributed by atoms with E-state index in [1.165, 1.54) is 30.0 Å². The lowest BCUT2D eigenvalue weighted by molar-refractivity contribution is -0.402. The quantitative estimate of drug-likeness (QED) is 0.420. The van der Waals surface area contributed by atoms with Crippen molar-refractivity contribution in [2.45, 2.75) is 38.4 Å². The summed E-state index contributed by atoms with van der Waals surface area (Å²) in [5.74, 6) is -0.353. The molecular formula is C23H27FN4O7. The third kappa shape index (κ3) is 6.27. The highest BCUT2D eigenvalue weighted by molar-refractivity contribution is 5.89. The second-order valence-corrected chi connectivity index (χ2v) is 8.57. The number of carbonyl (C=O) groups excluding carboxylic acids is 2. The molecule has 0 unspecified atom stereocenters. The molecule has 3 heterocycles. The number of rotatable bonds is 9. The van der Waals surface area contributed by atoms with Gasteiger partial charge in [0.05, 0.1) is 24.8 Å². The Balaban J connectivity index is 1.24. The number of nitrogens with one attached hydrogen (secondary N) is 1. The molecule has 2 aliphatic heterocycles. The second kappa shape index (κ2) is 10.7. The van der Waals surface area contributed by atoms with E-state index in [9.17, 15) is 24.1 Å². The largest absolute Gasteiger partial charge is 0.487 e. The summed E-state index contributed by atoms with van der Waals surface area (Å²) in [6.07, 6.45) is 0.754. The number of likely N-dealkylation sites (tertiary alicyclic amines) is 1. The summed E-state index contributed by atoms with van der Waals surface area (Å²) in [4.78, 5) is 36.9. The second-order valence-electron chi connectivity index (χ2n) is 8.57. The predicted molar refractivity (Wildman–Crippen MR) is 122 cm³/mol. The molecule has 0 saturated carbocycles. The zero-order valence-electron chi connectivity index (χ0n) is 19.3. The normalized spacial score (nSPS) is 19.0. The Morgan fingerprint density at radius 2 is 2.06 bits per heavy atom. The lowest BCUT2D eigenvalue weighted by Gasteiger charge is -2.32. The van der Waals surface area contributed by atoms with E-state index >= 15 is 0 Å². The Hall–Kier alpha value is -3.67. The maximum atomic E-state index is 14.8. The highest BCUT2D eigenvalue weighted by Crippen LogP contribution is 2.29. The number of nitrogens with zero attached hydrogens (tertiary/aromatic N) is 3. The Labute approximate surface area is 200 Å². The van der Waals surface area contributed by atoms with Gasteiger partial charge in [-0.05, 0) is 31.0 Å². The minimum atomic E-state index is -0.593. The number of hydrogen-bond acceptors (Lipinski definition) is 8. The molecule has 1 atom stereocenters. The molecule has 0 bridgehead atoms. The molecule has 12 heteroatoms. The Morgan fingerprint density at radius 3 is 2.71 bits per heavy atom. The van der Waals surface area contributed by atoms with Crippen LogP contribution in [0, 0.1) is 15.9 Å². The molecular weight excluding hydrogens is 463 g/mol. The third-order valence-corrected chi connectivity index (χ3v) is 6.01. The van der Waals surface area contributed by atoms with Gasteiger partial charge in [0, 0.05) is 39.0 Å². The molecule has 11 nitrogen and oxygen atoms in total. The molecule has 1 N–H and O–H groups in total. The van der Waals surface area contributed by atoms with Gasteiger partial charge in [-0.15, -0.1) is 0 Å². The Kier molecular flexibility index (Phi) is 7.49. The number of benzene rings is 1. The average Bonchev–Trinajstić information content (AvgIpc) is 3.45. The minimum Gasteiger partial charge on any atom is -0.487 e. The van der Waals surface area contributed by atoms with Crippen molar-refractivity contribution in [1.82, 2.24) is 10.2 Å². The number of nitro groups is 1. The van der Waals surface area contributed by atoms with Crippen molar-refractivity contribution in [2.24, 2.45) is 0 Å². The SMILES string of the molecule is CC(=O)NC[C@H]1CN(c2ccc(OC3CCN(CCc4ccc([N+](=O)[O-])o4)CC3)c(F)c2)C(=O)O1. The van der Waals surface area contributed by atoms with Crippen LogP contribution in [0.15, 0.2) is 34.7 Å². The van der Waals surface area contributed by atoms with Gasteiger partial charge in [0.2, 0.25) is 5.91 Å². The van der Waals surface area contributed by atoms with Gasteiger partial charge < -0.3 is 24.1 Å². The highest BCUT2D eigenvalue weighted by atomic mass is 19.1. The van der Waals surface area contributed by atoms with Crippen molar-refractivity contribution >= 4 is 23.6 Å². The van der Waals surface area contributed by atoms with Gasteiger partial charge in [-0.25, -0.2) is 9.18 Å². The monoisotopic (exact) mass is 490 g/mol. The zero-order valence-corrected chi connectivity index (χ0v) is 19.3. The van der Waals surface area contributed by atoms with E-state index < -0.39 is 22.9 Å². The van der Waals surface area contributed by atoms with E-state index in [2.05, 4.69) is 10.2 Å². The summed E-state index contributed by atoms with van der Waals surface area (Å²) in [6.45, 7) is 3.99. The smallest absolute Gasteiger partial charge is 0.433 e. The number of carbonyl (C=O) groups is 2. The molecule has 4 rings (SSSR count). The van der Waals surface area contributed by atoms with Crippen LogP contribution in [0.2, 0.25) is 0 Å². The summed E-state index contributed by atoms with van der Waals surface area (Å²) in [5.41, 5.74) is 0.359. The Bertz CT molecular complexity index is 1080. The molecule has 0 spiro atoms. The standard InChI is InChI=1S/C23H27FN4O7/c1-15(29)25-13-19-14-27(23(30)35-19)16-2-4-21(20(24)12-16)33-18-7-10-26(11-8-18)9-6-17-3-5-22(34-17)28(31)32/h2-5,12,18-19H,6-11,13-14H2,1H3,(H,25,29)/t19-/m0/s1. The average molecular weight is 490 g/mol. The van der Waals surface area contributed by atoms with Crippen LogP contribution in [0.3, 0.4) is 0 Å². The van der Waals surface area contributed by atoms with Crippen LogP contribution in [0.5, 0.6) is 5.75 Å². The van der Waals surface area contributed by atoms with Gasteiger partial charge in [-0.3, -0.25) is 19.8 Å². The number of halogens is 1. The number of amides is 2. The molecule has 0 radical (unpaired) electrons. The van der Waals surface area contributed by atoms with Crippen LogP contribution < -0.4 is 15.0 Å². The number of furan rings is 1. The van der Waals surface area contributed by atoms with Crippen LogP contribution in [-0.2, 0) is 16.0 Å². The van der Waals surface area contributed by atoms with E-state index in [1.807, 2.05) is 0 Å². The number of hydrogen-bond donors (Lipinski definition) is 1. The molecule has 1 aromatic carbocycles. The summed E-state index contributed by atoms with van der Waals surface area (Å²) in [6, 6.07) is 7.33. The summed E-state index contributed by atoms with van der Waals surface area (Å²) in [5, 5.41) is 13.3. The minimum absolute atomic E-state index is 0.123. The van der Waals surface area contributed by atoms with Crippen molar-refractivity contribution in [3.63, 3.8) is 0 Å². The maximum absolute atomic E-state index is 14.8. The number of cyclic esters (lactones) is 1. The first-order valence-electron chi connectivity index (χ1n) is 11.4.